The Morgan fingerprint density at radius 3 is 2.96 bits per heavy atom. The van der Waals surface area contributed by atoms with Crippen LogP contribution in [0.2, 0.25) is 0 Å². The summed E-state index contributed by atoms with van der Waals surface area (Å²) in [4.78, 5) is 21.7. The molecule has 7 nitrogen and oxygen atoms in total. The Labute approximate surface area is 137 Å². The first-order valence-electron chi connectivity index (χ1n) is 7.92. The third-order valence-corrected chi connectivity index (χ3v) is 5.63. The van der Waals surface area contributed by atoms with Gasteiger partial charge in [0.1, 0.15) is 11.4 Å². The lowest BCUT2D eigenvalue weighted by Crippen LogP contribution is -2.32. The summed E-state index contributed by atoms with van der Waals surface area (Å²) in [6.07, 6.45) is 6.69. The van der Waals surface area contributed by atoms with Gasteiger partial charge in [-0.2, -0.15) is 5.10 Å². The monoisotopic (exact) mass is 333 g/mol. The molecule has 2 aromatic heterocycles. The predicted octanol–water partition coefficient (Wildman–Crippen LogP) is 1.70. The lowest BCUT2D eigenvalue weighted by Gasteiger charge is -2.35. The van der Waals surface area contributed by atoms with Crippen LogP contribution in [0.15, 0.2) is 6.20 Å². The molecule has 0 radical (unpaired) electrons. The van der Waals surface area contributed by atoms with Gasteiger partial charge in [-0.3, -0.25) is 9.48 Å². The van der Waals surface area contributed by atoms with Gasteiger partial charge in [-0.25, -0.2) is 9.97 Å². The number of carbonyl (C=O) groups is 1. The molecule has 2 aromatic rings. The van der Waals surface area contributed by atoms with Gasteiger partial charge in [0.25, 0.3) is 0 Å². The zero-order valence-electron chi connectivity index (χ0n) is 12.9. The first-order valence-corrected chi connectivity index (χ1v) is 8.73. The summed E-state index contributed by atoms with van der Waals surface area (Å²) in [5, 5.41) is 18.0. The number of thiazole rings is 1. The third kappa shape index (κ3) is 2.88. The summed E-state index contributed by atoms with van der Waals surface area (Å²) >= 11 is 1.34. The standard InChI is InChI=1S/C15H19N5O2S/c1-20-11(17-13(19-20)9-3-4-9)7-12(21)18-14-16-8-10(23-14)15(22)5-2-6-15/h8-9,22H,2-7H2,1H3,(H,16,18,21). The number of aryl methyl sites for hydroxylation is 1. The quantitative estimate of drug-likeness (QED) is 0.869. The van der Waals surface area contributed by atoms with E-state index in [0.717, 1.165) is 42.8 Å². The van der Waals surface area contributed by atoms with E-state index in [9.17, 15) is 9.90 Å². The smallest absolute Gasteiger partial charge is 0.233 e. The van der Waals surface area contributed by atoms with E-state index in [0.29, 0.717) is 16.9 Å². The van der Waals surface area contributed by atoms with E-state index in [1.54, 1.807) is 10.9 Å². The van der Waals surface area contributed by atoms with Crippen LogP contribution in [-0.4, -0.2) is 30.8 Å². The van der Waals surface area contributed by atoms with Crippen LogP contribution in [0.4, 0.5) is 5.13 Å². The number of hydrogen-bond acceptors (Lipinski definition) is 6. The Bertz CT molecular complexity index is 745. The van der Waals surface area contributed by atoms with E-state index in [2.05, 4.69) is 20.4 Å². The maximum atomic E-state index is 12.2. The van der Waals surface area contributed by atoms with Crippen LogP contribution >= 0.6 is 11.3 Å². The second-order valence-electron chi connectivity index (χ2n) is 6.42. The molecule has 2 N–H and O–H groups in total. The fourth-order valence-electron chi connectivity index (χ4n) is 2.72. The zero-order chi connectivity index (χ0) is 16.0. The highest BCUT2D eigenvalue weighted by molar-refractivity contribution is 7.15. The van der Waals surface area contributed by atoms with Crippen molar-refractivity contribution in [3.05, 3.63) is 22.7 Å². The lowest BCUT2D eigenvalue weighted by atomic mass is 9.79. The molecule has 0 spiro atoms. The molecule has 1 amide bonds. The van der Waals surface area contributed by atoms with Crippen LogP contribution in [0.25, 0.3) is 0 Å². The summed E-state index contributed by atoms with van der Waals surface area (Å²) in [6, 6.07) is 0. The minimum absolute atomic E-state index is 0.163. The van der Waals surface area contributed by atoms with Crippen molar-refractivity contribution >= 4 is 22.4 Å². The highest BCUT2D eigenvalue weighted by Crippen LogP contribution is 2.44. The Kier molecular flexibility index (Phi) is 3.46. The van der Waals surface area contributed by atoms with Crippen molar-refractivity contribution in [2.75, 3.05) is 5.32 Å². The van der Waals surface area contributed by atoms with Crippen LogP contribution in [0, 0.1) is 0 Å². The molecule has 2 saturated carbocycles. The number of amides is 1. The fourth-order valence-corrected chi connectivity index (χ4v) is 3.70. The highest BCUT2D eigenvalue weighted by Gasteiger charge is 2.38. The molecule has 0 aromatic carbocycles. The van der Waals surface area contributed by atoms with E-state index in [4.69, 9.17) is 0 Å². The Morgan fingerprint density at radius 2 is 2.30 bits per heavy atom. The number of nitrogens with one attached hydrogen (secondary N) is 1. The summed E-state index contributed by atoms with van der Waals surface area (Å²) in [6.45, 7) is 0. The molecular weight excluding hydrogens is 314 g/mol. The maximum Gasteiger partial charge on any atom is 0.233 e. The molecule has 2 heterocycles. The van der Waals surface area contributed by atoms with Crippen LogP contribution in [0.5, 0.6) is 0 Å². The van der Waals surface area contributed by atoms with Crippen LogP contribution in [-0.2, 0) is 23.9 Å². The van der Waals surface area contributed by atoms with Gasteiger partial charge >= 0.3 is 0 Å². The van der Waals surface area contributed by atoms with Crippen molar-refractivity contribution in [3.63, 3.8) is 0 Å². The van der Waals surface area contributed by atoms with Crippen molar-refractivity contribution in [1.82, 2.24) is 19.7 Å². The molecule has 0 atom stereocenters. The molecular formula is C15H19N5O2S. The molecule has 0 unspecified atom stereocenters. The number of carbonyl (C=O) groups excluding carboxylic acids is 1. The van der Waals surface area contributed by atoms with Crippen molar-refractivity contribution in [3.8, 4) is 0 Å². The number of aliphatic hydroxyl groups is 1. The second kappa shape index (κ2) is 5.38. The first-order chi connectivity index (χ1) is 11.0. The number of aromatic nitrogens is 4. The number of nitrogens with zero attached hydrogens (tertiary/aromatic N) is 4. The van der Waals surface area contributed by atoms with E-state index < -0.39 is 5.60 Å². The molecule has 2 aliphatic carbocycles. The number of rotatable bonds is 5. The topological polar surface area (TPSA) is 92.9 Å². The van der Waals surface area contributed by atoms with Gasteiger partial charge in [-0.05, 0) is 32.1 Å². The molecule has 0 bridgehead atoms. The molecule has 0 aliphatic heterocycles. The second-order valence-corrected chi connectivity index (χ2v) is 7.45. The first kappa shape index (κ1) is 14.8. The van der Waals surface area contributed by atoms with Crippen LogP contribution < -0.4 is 5.32 Å². The molecule has 122 valence electrons. The van der Waals surface area contributed by atoms with Crippen molar-refractivity contribution in [2.24, 2.45) is 7.05 Å². The van der Waals surface area contributed by atoms with Gasteiger partial charge in [-0.15, -0.1) is 0 Å². The molecule has 23 heavy (non-hydrogen) atoms. The minimum Gasteiger partial charge on any atom is -0.384 e. The average Bonchev–Trinajstić information content (AvgIpc) is 3.13. The molecule has 8 heteroatoms. The summed E-state index contributed by atoms with van der Waals surface area (Å²) < 4.78 is 1.68. The fraction of sp³-hybridized carbons (Fsp3) is 0.600. The Morgan fingerprint density at radius 1 is 1.52 bits per heavy atom. The van der Waals surface area contributed by atoms with Crippen molar-refractivity contribution < 1.29 is 9.90 Å². The zero-order valence-corrected chi connectivity index (χ0v) is 13.8. The van der Waals surface area contributed by atoms with Crippen LogP contribution in [0.3, 0.4) is 0 Å². The average molecular weight is 333 g/mol. The van der Waals surface area contributed by atoms with Gasteiger partial charge in [0.05, 0.1) is 11.3 Å². The van der Waals surface area contributed by atoms with Crippen LogP contribution in [0.1, 0.15) is 54.5 Å². The number of hydrogen-bond donors (Lipinski definition) is 2. The maximum absolute atomic E-state index is 12.2. The van der Waals surface area contributed by atoms with Gasteiger partial charge in [0.15, 0.2) is 11.0 Å². The Hall–Kier alpha value is -1.80. The van der Waals surface area contributed by atoms with Gasteiger partial charge in [0, 0.05) is 19.2 Å². The Balaban J connectivity index is 1.40. The van der Waals surface area contributed by atoms with Gasteiger partial charge in [0.2, 0.25) is 5.91 Å². The van der Waals surface area contributed by atoms with Crippen molar-refractivity contribution in [2.45, 2.75) is 50.0 Å². The number of anilines is 1. The van der Waals surface area contributed by atoms with Gasteiger partial charge in [-0.1, -0.05) is 11.3 Å². The SMILES string of the molecule is Cn1nc(C2CC2)nc1CC(=O)Nc1ncc(C2(O)CCC2)s1. The molecule has 2 fully saturated rings. The summed E-state index contributed by atoms with van der Waals surface area (Å²) in [5.41, 5.74) is -0.733. The lowest BCUT2D eigenvalue weighted by molar-refractivity contribution is -0.115. The van der Waals surface area contributed by atoms with E-state index >= 15 is 0 Å². The summed E-state index contributed by atoms with van der Waals surface area (Å²) in [7, 11) is 1.81. The third-order valence-electron chi connectivity index (χ3n) is 4.52. The molecule has 4 rings (SSSR count). The molecule has 2 aliphatic rings. The molecule has 0 saturated heterocycles. The summed E-state index contributed by atoms with van der Waals surface area (Å²) in [5.74, 6) is 1.82. The highest BCUT2D eigenvalue weighted by atomic mass is 32.1. The predicted molar refractivity (Wildman–Crippen MR) is 85.2 cm³/mol. The van der Waals surface area contributed by atoms with E-state index in [1.807, 2.05) is 7.05 Å². The normalized spacial score (nSPS) is 19.4. The van der Waals surface area contributed by atoms with Crippen molar-refractivity contribution in [1.29, 1.82) is 0 Å². The van der Waals surface area contributed by atoms with E-state index in [1.165, 1.54) is 11.3 Å². The van der Waals surface area contributed by atoms with Gasteiger partial charge < -0.3 is 10.4 Å². The minimum atomic E-state index is -0.733. The largest absolute Gasteiger partial charge is 0.384 e. The van der Waals surface area contributed by atoms with E-state index in [-0.39, 0.29) is 12.3 Å².